The van der Waals surface area contributed by atoms with Gasteiger partial charge in [-0.25, -0.2) is 0 Å². The van der Waals surface area contributed by atoms with Gasteiger partial charge in [-0.15, -0.1) is 0 Å². The first-order chi connectivity index (χ1) is 7.09. The van der Waals surface area contributed by atoms with E-state index < -0.39 is 0 Å². The summed E-state index contributed by atoms with van der Waals surface area (Å²) in [6.07, 6.45) is 1.75. The third-order valence-electron chi connectivity index (χ3n) is 3.48. The van der Waals surface area contributed by atoms with Crippen LogP contribution in [0.2, 0.25) is 0 Å². The van der Waals surface area contributed by atoms with Crippen LogP contribution in [0.1, 0.15) is 43.4 Å². The minimum absolute atomic E-state index is 0.293. The van der Waals surface area contributed by atoms with Crippen LogP contribution in [-0.4, -0.2) is 0 Å². The molecule has 1 rings (SSSR count). The van der Waals surface area contributed by atoms with Gasteiger partial charge in [-0.1, -0.05) is 32.0 Å². The molecule has 0 saturated carbocycles. The number of aryl methyl sites for hydroxylation is 2. The van der Waals surface area contributed by atoms with E-state index >= 15 is 0 Å². The summed E-state index contributed by atoms with van der Waals surface area (Å²) >= 11 is 0. The van der Waals surface area contributed by atoms with Gasteiger partial charge in [0.15, 0.2) is 0 Å². The number of hydrogen-bond donors (Lipinski definition) is 0. The van der Waals surface area contributed by atoms with E-state index in [9.17, 15) is 5.26 Å². The first-order valence-corrected chi connectivity index (χ1v) is 5.58. The second kappa shape index (κ2) is 4.49. The Hall–Kier alpha value is -1.29. The van der Waals surface area contributed by atoms with E-state index in [4.69, 9.17) is 0 Å². The van der Waals surface area contributed by atoms with Gasteiger partial charge in [-0.2, -0.15) is 5.26 Å². The van der Waals surface area contributed by atoms with E-state index in [1.165, 1.54) is 11.1 Å². The lowest BCUT2D eigenvalue weighted by Crippen LogP contribution is -2.22. The van der Waals surface area contributed by atoms with E-state index in [1.54, 1.807) is 0 Å². The first-order valence-electron chi connectivity index (χ1n) is 5.58. The van der Waals surface area contributed by atoms with Crippen LogP contribution in [0.25, 0.3) is 0 Å². The molecule has 1 aromatic carbocycles. The molecule has 80 valence electrons. The van der Waals surface area contributed by atoms with Crippen molar-refractivity contribution in [3.05, 3.63) is 34.9 Å². The van der Waals surface area contributed by atoms with Crippen molar-refractivity contribution in [2.24, 2.45) is 0 Å². The molecular weight excluding hydrogens is 182 g/mol. The van der Waals surface area contributed by atoms with Crippen molar-refractivity contribution in [2.45, 2.75) is 46.0 Å². The molecule has 1 heteroatoms. The van der Waals surface area contributed by atoms with Gasteiger partial charge in [0.25, 0.3) is 0 Å². The monoisotopic (exact) mass is 201 g/mol. The molecule has 0 saturated heterocycles. The second-order valence-corrected chi connectivity index (χ2v) is 4.20. The van der Waals surface area contributed by atoms with E-state index in [-0.39, 0.29) is 5.41 Å². The Morgan fingerprint density at radius 2 is 1.73 bits per heavy atom. The lowest BCUT2D eigenvalue weighted by molar-refractivity contribution is 0.510. The Kier molecular flexibility index (Phi) is 3.52. The average molecular weight is 201 g/mol. The Morgan fingerprint density at radius 3 is 2.13 bits per heavy atom. The molecule has 0 fully saturated rings. The van der Waals surface area contributed by atoms with Crippen LogP contribution in [-0.2, 0) is 5.41 Å². The van der Waals surface area contributed by atoms with Crippen molar-refractivity contribution in [3.63, 3.8) is 0 Å². The summed E-state index contributed by atoms with van der Waals surface area (Å²) in [5, 5.41) is 9.34. The van der Waals surface area contributed by atoms with Gasteiger partial charge in [0.05, 0.1) is 11.5 Å². The van der Waals surface area contributed by atoms with Crippen molar-refractivity contribution >= 4 is 0 Å². The third-order valence-corrected chi connectivity index (χ3v) is 3.48. The molecule has 1 aromatic rings. The van der Waals surface area contributed by atoms with E-state index in [0.717, 1.165) is 18.4 Å². The van der Waals surface area contributed by atoms with E-state index in [1.807, 2.05) is 0 Å². The Morgan fingerprint density at radius 1 is 1.13 bits per heavy atom. The first kappa shape index (κ1) is 11.8. The zero-order valence-corrected chi connectivity index (χ0v) is 10.1. The summed E-state index contributed by atoms with van der Waals surface area (Å²) < 4.78 is 0. The molecule has 0 aromatic heterocycles. The SMILES string of the molecule is CCC(C#N)(CC)c1ccc(C)c(C)c1. The highest BCUT2D eigenvalue weighted by atomic mass is 14.4. The highest BCUT2D eigenvalue weighted by Gasteiger charge is 2.28. The summed E-state index contributed by atoms with van der Waals surface area (Å²) in [6.45, 7) is 8.38. The lowest BCUT2D eigenvalue weighted by Gasteiger charge is -2.24. The molecule has 0 unspecified atom stereocenters. The molecule has 0 aliphatic rings. The van der Waals surface area contributed by atoms with Gasteiger partial charge >= 0.3 is 0 Å². The van der Waals surface area contributed by atoms with Crippen molar-refractivity contribution in [2.75, 3.05) is 0 Å². The van der Waals surface area contributed by atoms with Crippen molar-refractivity contribution in [1.29, 1.82) is 5.26 Å². The summed E-state index contributed by atoms with van der Waals surface area (Å²) in [5.74, 6) is 0. The van der Waals surface area contributed by atoms with Gasteiger partial charge in [0, 0.05) is 0 Å². The molecule has 1 nitrogen and oxygen atoms in total. The molecule has 15 heavy (non-hydrogen) atoms. The fourth-order valence-corrected chi connectivity index (χ4v) is 1.92. The number of rotatable bonds is 3. The number of hydrogen-bond acceptors (Lipinski definition) is 1. The lowest BCUT2D eigenvalue weighted by atomic mass is 9.76. The van der Waals surface area contributed by atoms with Crippen LogP contribution in [0.5, 0.6) is 0 Å². The van der Waals surface area contributed by atoms with Crippen LogP contribution in [0, 0.1) is 25.2 Å². The molecule has 0 aliphatic carbocycles. The van der Waals surface area contributed by atoms with Gasteiger partial charge in [0.2, 0.25) is 0 Å². The fourth-order valence-electron chi connectivity index (χ4n) is 1.92. The molecule has 0 bridgehead atoms. The van der Waals surface area contributed by atoms with Crippen LogP contribution < -0.4 is 0 Å². The molecule has 0 heterocycles. The van der Waals surface area contributed by atoms with Gasteiger partial charge < -0.3 is 0 Å². The number of benzene rings is 1. The smallest absolute Gasteiger partial charge is 0.0817 e. The molecule has 0 atom stereocenters. The predicted octanol–water partition coefficient (Wildman–Crippen LogP) is 3.88. The maximum absolute atomic E-state index is 9.34. The van der Waals surface area contributed by atoms with Gasteiger partial charge in [0.1, 0.15) is 0 Å². The quantitative estimate of drug-likeness (QED) is 0.728. The third kappa shape index (κ3) is 2.04. The molecule has 0 aliphatic heterocycles. The molecular formula is C14H19N. The van der Waals surface area contributed by atoms with Crippen LogP contribution in [0.15, 0.2) is 18.2 Å². The van der Waals surface area contributed by atoms with Crippen molar-refractivity contribution in [1.82, 2.24) is 0 Å². The maximum Gasteiger partial charge on any atom is 0.0817 e. The summed E-state index contributed by atoms with van der Waals surface area (Å²) in [4.78, 5) is 0. The summed E-state index contributed by atoms with van der Waals surface area (Å²) in [6, 6.07) is 8.85. The largest absolute Gasteiger partial charge is 0.197 e. The number of nitriles is 1. The van der Waals surface area contributed by atoms with Gasteiger partial charge in [-0.05, 0) is 43.4 Å². The predicted molar refractivity (Wildman–Crippen MR) is 63.8 cm³/mol. The van der Waals surface area contributed by atoms with E-state index in [0.29, 0.717) is 0 Å². The zero-order chi connectivity index (χ0) is 11.5. The highest BCUT2D eigenvalue weighted by Crippen LogP contribution is 2.31. The van der Waals surface area contributed by atoms with Crippen LogP contribution in [0.3, 0.4) is 0 Å². The fraction of sp³-hybridized carbons (Fsp3) is 0.500. The second-order valence-electron chi connectivity index (χ2n) is 4.20. The Bertz CT molecular complexity index is 381. The minimum atomic E-state index is -0.293. The number of nitrogens with zero attached hydrogens (tertiary/aromatic N) is 1. The minimum Gasteiger partial charge on any atom is -0.197 e. The van der Waals surface area contributed by atoms with Gasteiger partial charge in [-0.3, -0.25) is 0 Å². The Balaban J connectivity index is 3.25. The molecule has 0 N–H and O–H groups in total. The molecule has 0 radical (unpaired) electrons. The van der Waals surface area contributed by atoms with E-state index in [2.05, 4.69) is 52.0 Å². The zero-order valence-electron chi connectivity index (χ0n) is 10.1. The molecule has 0 spiro atoms. The Labute approximate surface area is 92.7 Å². The summed E-state index contributed by atoms with van der Waals surface area (Å²) in [5.41, 5.74) is 3.43. The highest BCUT2D eigenvalue weighted by molar-refractivity contribution is 5.38. The average Bonchev–Trinajstić information content (AvgIpc) is 2.26. The topological polar surface area (TPSA) is 23.8 Å². The normalized spacial score (nSPS) is 11.1. The standard InChI is InChI=1S/C14H19N/c1-5-14(6-2,10-15)13-8-7-11(3)12(4)9-13/h7-9H,5-6H2,1-4H3. The van der Waals surface area contributed by atoms with Crippen molar-refractivity contribution < 1.29 is 0 Å². The van der Waals surface area contributed by atoms with Crippen molar-refractivity contribution in [3.8, 4) is 6.07 Å². The maximum atomic E-state index is 9.34. The van der Waals surface area contributed by atoms with Crippen LogP contribution >= 0.6 is 0 Å². The molecule has 0 amide bonds. The van der Waals surface area contributed by atoms with Crippen LogP contribution in [0.4, 0.5) is 0 Å². The summed E-state index contributed by atoms with van der Waals surface area (Å²) in [7, 11) is 0.